The molecule has 0 atom stereocenters. The van der Waals surface area contributed by atoms with Crippen LogP contribution in [0.15, 0.2) is 28.7 Å². The molecule has 0 fully saturated rings. The monoisotopic (exact) mass is 320 g/mol. The summed E-state index contributed by atoms with van der Waals surface area (Å²) in [6, 6.07) is 9.61. The standard InChI is InChI=1S/C14H10BrClN2/c1-8-3-10(4-9(2)18-8)14-11(7-17)5-12(15)6-13(14)16/h3-6H,1-2H3. The zero-order valence-corrected chi connectivity index (χ0v) is 12.3. The molecule has 0 bridgehead atoms. The van der Waals surface area contributed by atoms with Gasteiger partial charge in [0.15, 0.2) is 0 Å². The molecule has 2 nitrogen and oxygen atoms in total. The third kappa shape index (κ3) is 2.55. The zero-order chi connectivity index (χ0) is 13.3. The Balaban J connectivity index is 2.75. The Kier molecular flexibility index (Phi) is 3.70. The summed E-state index contributed by atoms with van der Waals surface area (Å²) in [5.41, 5.74) is 4.06. The minimum atomic E-state index is 0.555. The lowest BCUT2D eigenvalue weighted by Crippen LogP contribution is -1.91. The van der Waals surface area contributed by atoms with Gasteiger partial charge in [0.05, 0.1) is 16.7 Å². The quantitative estimate of drug-likeness (QED) is 0.766. The van der Waals surface area contributed by atoms with E-state index in [2.05, 4.69) is 27.0 Å². The first kappa shape index (κ1) is 13.1. The molecule has 0 aliphatic rings. The second-order valence-electron chi connectivity index (χ2n) is 4.06. The fraction of sp³-hybridized carbons (Fsp3) is 0.143. The first-order chi connectivity index (χ1) is 8.51. The Hall–Kier alpha value is -1.37. The second kappa shape index (κ2) is 5.09. The van der Waals surface area contributed by atoms with Crippen LogP contribution < -0.4 is 0 Å². The maximum absolute atomic E-state index is 9.22. The summed E-state index contributed by atoms with van der Waals surface area (Å²) >= 11 is 9.59. The van der Waals surface area contributed by atoms with Gasteiger partial charge in [-0.2, -0.15) is 5.26 Å². The number of nitrogens with zero attached hydrogens (tertiary/aromatic N) is 2. The fourth-order valence-electron chi connectivity index (χ4n) is 1.93. The van der Waals surface area contributed by atoms with Crippen LogP contribution in [-0.2, 0) is 0 Å². The molecule has 0 spiro atoms. The van der Waals surface area contributed by atoms with Gasteiger partial charge in [-0.1, -0.05) is 27.5 Å². The van der Waals surface area contributed by atoms with Crippen LogP contribution in [0.3, 0.4) is 0 Å². The maximum Gasteiger partial charge on any atom is 0.0999 e. The molecular formula is C14H10BrClN2. The molecule has 90 valence electrons. The van der Waals surface area contributed by atoms with E-state index in [0.717, 1.165) is 27.0 Å². The molecule has 1 aromatic carbocycles. The number of aryl methyl sites for hydroxylation is 2. The number of halogens is 2. The van der Waals surface area contributed by atoms with E-state index in [9.17, 15) is 5.26 Å². The fourth-order valence-corrected chi connectivity index (χ4v) is 2.85. The first-order valence-corrected chi connectivity index (χ1v) is 6.53. The van der Waals surface area contributed by atoms with Crippen molar-refractivity contribution in [3.8, 4) is 17.2 Å². The molecule has 0 aliphatic carbocycles. The van der Waals surface area contributed by atoms with Gasteiger partial charge in [-0.3, -0.25) is 4.98 Å². The van der Waals surface area contributed by atoms with E-state index < -0.39 is 0 Å². The van der Waals surface area contributed by atoms with E-state index in [1.807, 2.05) is 26.0 Å². The Morgan fingerprint density at radius 2 is 1.78 bits per heavy atom. The smallest absolute Gasteiger partial charge is 0.0999 e. The number of nitriles is 1. The molecule has 1 aromatic heterocycles. The van der Waals surface area contributed by atoms with E-state index in [1.54, 1.807) is 12.1 Å². The summed E-state index contributed by atoms with van der Waals surface area (Å²) < 4.78 is 0.801. The van der Waals surface area contributed by atoms with Gasteiger partial charge >= 0.3 is 0 Å². The molecule has 0 saturated heterocycles. The van der Waals surface area contributed by atoms with Gasteiger partial charge in [0, 0.05) is 21.4 Å². The molecule has 2 rings (SSSR count). The maximum atomic E-state index is 9.22. The van der Waals surface area contributed by atoms with Gasteiger partial charge in [0.2, 0.25) is 0 Å². The minimum absolute atomic E-state index is 0.555. The van der Waals surface area contributed by atoms with Gasteiger partial charge in [-0.15, -0.1) is 0 Å². The van der Waals surface area contributed by atoms with Crippen molar-refractivity contribution in [2.75, 3.05) is 0 Å². The molecular weight excluding hydrogens is 312 g/mol. The number of pyridine rings is 1. The highest BCUT2D eigenvalue weighted by Gasteiger charge is 2.12. The normalized spacial score (nSPS) is 10.2. The largest absolute Gasteiger partial charge is 0.258 e. The second-order valence-corrected chi connectivity index (χ2v) is 5.38. The van der Waals surface area contributed by atoms with Gasteiger partial charge < -0.3 is 0 Å². The molecule has 0 amide bonds. The van der Waals surface area contributed by atoms with Crippen LogP contribution in [0.1, 0.15) is 17.0 Å². The predicted octanol–water partition coefficient (Wildman–Crippen LogP) is 4.65. The average Bonchev–Trinajstić information content (AvgIpc) is 2.26. The van der Waals surface area contributed by atoms with E-state index >= 15 is 0 Å². The number of benzene rings is 1. The molecule has 18 heavy (non-hydrogen) atoms. The molecule has 4 heteroatoms. The van der Waals surface area contributed by atoms with Crippen molar-refractivity contribution in [2.45, 2.75) is 13.8 Å². The van der Waals surface area contributed by atoms with E-state index in [4.69, 9.17) is 11.6 Å². The molecule has 0 N–H and O–H groups in total. The lowest BCUT2D eigenvalue weighted by molar-refractivity contribution is 1.12. The summed E-state index contributed by atoms with van der Waals surface area (Å²) in [6.07, 6.45) is 0. The summed E-state index contributed by atoms with van der Waals surface area (Å²) in [5, 5.41) is 9.78. The van der Waals surface area contributed by atoms with Crippen LogP contribution in [0.25, 0.3) is 11.1 Å². The zero-order valence-electron chi connectivity index (χ0n) is 9.96. The van der Waals surface area contributed by atoms with Crippen molar-refractivity contribution in [1.82, 2.24) is 4.98 Å². The Morgan fingerprint density at radius 1 is 1.17 bits per heavy atom. The van der Waals surface area contributed by atoms with Crippen molar-refractivity contribution >= 4 is 27.5 Å². The van der Waals surface area contributed by atoms with Crippen LogP contribution in [0.5, 0.6) is 0 Å². The van der Waals surface area contributed by atoms with Crippen molar-refractivity contribution in [1.29, 1.82) is 5.26 Å². The van der Waals surface area contributed by atoms with Gasteiger partial charge in [0.1, 0.15) is 0 Å². The lowest BCUT2D eigenvalue weighted by atomic mass is 10.00. The first-order valence-electron chi connectivity index (χ1n) is 5.36. The molecule has 1 heterocycles. The number of rotatable bonds is 1. The Labute approximate surface area is 119 Å². The highest BCUT2D eigenvalue weighted by molar-refractivity contribution is 9.10. The molecule has 0 unspecified atom stereocenters. The van der Waals surface area contributed by atoms with Crippen molar-refractivity contribution in [3.63, 3.8) is 0 Å². The number of hydrogen-bond donors (Lipinski definition) is 0. The van der Waals surface area contributed by atoms with Crippen molar-refractivity contribution < 1.29 is 0 Å². The topological polar surface area (TPSA) is 36.7 Å². The van der Waals surface area contributed by atoms with E-state index in [1.165, 1.54) is 0 Å². The van der Waals surface area contributed by atoms with Crippen molar-refractivity contribution in [2.24, 2.45) is 0 Å². The average molecular weight is 322 g/mol. The third-order valence-corrected chi connectivity index (χ3v) is 3.30. The molecule has 0 saturated carbocycles. The van der Waals surface area contributed by atoms with E-state index in [0.29, 0.717) is 10.6 Å². The van der Waals surface area contributed by atoms with Gasteiger partial charge in [0.25, 0.3) is 0 Å². The van der Waals surface area contributed by atoms with Gasteiger partial charge in [-0.25, -0.2) is 0 Å². The molecule has 2 aromatic rings. The van der Waals surface area contributed by atoms with Crippen LogP contribution >= 0.6 is 27.5 Å². The summed E-state index contributed by atoms with van der Waals surface area (Å²) in [5.74, 6) is 0. The molecule has 0 aliphatic heterocycles. The highest BCUT2D eigenvalue weighted by Crippen LogP contribution is 2.34. The SMILES string of the molecule is Cc1cc(-c2c(Cl)cc(Br)cc2C#N)cc(C)n1. The number of hydrogen-bond acceptors (Lipinski definition) is 2. The summed E-state index contributed by atoms with van der Waals surface area (Å²) in [7, 11) is 0. The van der Waals surface area contributed by atoms with Crippen LogP contribution in [-0.4, -0.2) is 4.98 Å². The lowest BCUT2D eigenvalue weighted by Gasteiger charge is -2.09. The van der Waals surface area contributed by atoms with Crippen LogP contribution in [0.2, 0.25) is 5.02 Å². The third-order valence-electron chi connectivity index (χ3n) is 2.55. The highest BCUT2D eigenvalue weighted by atomic mass is 79.9. The minimum Gasteiger partial charge on any atom is -0.258 e. The number of aromatic nitrogens is 1. The van der Waals surface area contributed by atoms with Gasteiger partial charge in [-0.05, 0) is 43.7 Å². The predicted molar refractivity (Wildman–Crippen MR) is 76.6 cm³/mol. The molecule has 0 radical (unpaired) electrons. The Morgan fingerprint density at radius 3 is 2.33 bits per heavy atom. The van der Waals surface area contributed by atoms with Crippen molar-refractivity contribution in [3.05, 3.63) is 50.7 Å². The van der Waals surface area contributed by atoms with E-state index in [-0.39, 0.29) is 0 Å². The van der Waals surface area contributed by atoms with Crippen LogP contribution in [0, 0.1) is 25.2 Å². The summed E-state index contributed by atoms with van der Waals surface area (Å²) in [4.78, 5) is 4.33. The summed E-state index contributed by atoms with van der Waals surface area (Å²) in [6.45, 7) is 3.85. The Bertz CT molecular complexity index is 639. The van der Waals surface area contributed by atoms with Crippen LogP contribution in [0.4, 0.5) is 0 Å².